The maximum Gasteiger partial charge on any atom is 0.325 e. The molecule has 2 aliphatic rings. The predicted octanol–water partition coefficient (Wildman–Crippen LogP) is 3.66. The van der Waals surface area contributed by atoms with Gasteiger partial charge in [0.15, 0.2) is 0 Å². The fourth-order valence-corrected chi connectivity index (χ4v) is 4.27. The summed E-state index contributed by atoms with van der Waals surface area (Å²) in [7, 11) is 1.59. The van der Waals surface area contributed by atoms with E-state index >= 15 is 0 Å². The maximum atomic E-state index is 13.3. The normalized spacial score (nSPS) is 26.3. The van der Waals surface area contributed by atoms with Crippen LogP contribution in [0.5, 0.6) is 5.75 Å². The first-order valence-electron chi connectivity index (χ1n) is 9.92. The van der Waals surface area contributed by atoms with Crippen LogP contribution in [0.25, 0.3) is 0 Å². The van der Waals surface area contributed by atoms with E-state index in [0.717, 1.165) is 43.4 Å². The molecule has 1 N–H and O–H groups in total. The Bertz CT molecular complexity index is 665. The number of hydrogen-bond acceptors (Lipinski definition) is 4. The van der Waals surface area contributed by atoms with Crippen LogP contribution in [0.4, 0.5) is 4.79 Å². The van der Waals surface area contributed by atoms with Crippen molar-refractivity contribution >= 4 is 11.9 Å². The molecule has 0 bridgehead atoms. The third-order valence-corrected chi connectivity index (χ3v) is 5.94. The van der Waals surface area contributed by atoms with Gasteiger partial charge in [-0.3, -0.25) is 9.69 Å². The van der Waals surface area contributed by atoms with Crippen molar-refractivity contribution in [2.75, 3.05) is 20.3 Å². The number of carbonyl (C=O) groups is 2. The third-order valence-electron chi connectivity index (χ3n) is 5.94. The van der Waals surface area contributed by atoms with Gasteiger partial charge in [0.25, 0.3) is 5.91 Å². The first kappa shape index (κ1) is 19.7. The molecule has 6 nitrogen and oxygen atoms in total. The number of benzene rings is 1. The van der Waals surface area contributed by atoms with Crippen molar-refractivity contribution in [3.05, 3.63) is 29.8 Å². The van der Waals surface area contributed by atoms with Gasteiger partial charge in [0.1, 0.15) is 11.3 Å². The van der Waals surface area contributed by atoms with Crippen molar-refractivity contribution < 1.29 is 19.1 Å². The van der Waals surface area contributed by atoms with Gasteiger partial charge in [-0.2, -0.15) is 0 Å². The highest BCUT2D eigenvalue weighted by Gasteiger charge is 2.54. The van der Waals surface area contributed by atoms with Crippen LogP contribution in [0.3, 0.4) is 0 Å². The van der Waals surface area contributed by atoms with Crippen LogP contribution in [0, 0.1) is 5.92 Å². The average Bonchev–Trinajstić information content (AvgIpc) is 2.91. The summed E-state index contributed by atoms with van der Waals surface area (Å²) in [6, 6.07) is 6.76. The number of methoxy groups -OCH3 is 1. The molecule has 1 aromatic carbocycles. The molecule has 1 saturated heterocycles. The van der Waals surface area contributed by atoms with E-state index in [4.69, 9.17) is 9.47 Å². The molecule has 1 aliphatic carbocycles. The van der Waals surface area contributed by atoms with Gasteiger partial charge in [0, 0.05) is 7.11 Å². The molecule has 1 saturated carbocycles. The molecule has 3 amide bonds. The van der Waals surface area contributed by atoms with Crippen LogP contribution >= 0.6 is 0 Å². The topological polar surface area (TPSA) is 67.9 Å². The summed E-state index contributed by atoms with van der Waals surface area (Å²) >= 11 is 0. The molecule has 0 unspecified atom stereocenters. The zero-order chi connectivity index (χ0) is 19.4. The number of imide groups is 1. The van der Waals surface area contributed by atoms with Crippen molar-refractivity contribution in [3.8, 4) is 5.75 Å². The Balaban J connectivity index is 1.83. The second-order valence-corrected chi connectivity index (χ2v) is 7.51. The lowest BCUT2D eigenvalue weighted by Crippen LogP contribution is -2.49. The van der Waals surface area contributed by atoms with Crippen LogP contribution in [-0.2, 0) is 9.53 Å². The van der Waals surface area contributed by atoms with Crippen LogP contribution in [-0.4, -0.2) is 42.7 Å². The minimum atomic E-state index is -0.736. The number of rotatable bonds is 7. The van der Waals surface area contributed by atoms with Crippen LogP contribution in [0.2, 0.25) is 0 Å². The molecular formula is C21H30N2O4. The number of ether oxygens (including phenoxy) is 2. The molecule has 27 heavy (non-hydrogen) atoms. The second kappa shape index (κ2) is 8.30. The molecular weight excluding hydrogens is 344 g/mol. The maximum absolute atomic E-state index is 13.3. The number of nitrogens with zero attached hydrogens (tertiary/aromatic N) is 1. The Kier molecular flexibility index (Phi) is 6.05. The Labute approximate surface area is 161 Å². The Morgan fingerprint density at radius 1 is 1.19 bits per heavy atom. The Morgan fingerprint density at radius 2 is 1.85 bits per heavy atom. The number of nitrogens with one attached hydrogen (secondary N) is 1. The second-order valence-electron chi connectivity index (χ2n) is 7.51. The van der Waals surface area contributed by atoms with Crippen molar-refractivity contribution in [3.63, 3.8) is 0 Å². The fraction of sp³-hybridized carbons (Fsp3) is 0.619. The van der Waals surface area contributed by atoms with Crippen LogP contribution in [0.15, 0.2) is 24.3 Å². The van der Waals surface area contributed by atoms with Crippen molar-refractivity contribution in [1.29, 1.82) is 0 Å². The summed E-state index contributed by atoms with van der Waals surface area (Å²) in [4.78, 5) is 27.5. The summed E-state index contributed by atoms with van der Waals surface area (Å²) in [6.07, 6.45) is 4.52. The molecule has 0 radical (unpaired) electrons. The minimum absolute atomic E-state index is 0.113. The highest BCUT2D eigenvalue weighted by Crippen LogP contribution is 2.40. The van der Waals surface area contributed by atoms with E-state index in [-0.39, 0.29) is 18.5 Å². The smallest absolute Gasteiger partial charge is 0.325 e. The van der Waals surface area contributed by atoms with Crippen molar-refractivity contribution in [1.82, 2.24) is 10.2 Å². The minimum Gasteiger partial charge on any atom is -0.494 e. The van der Waals surface area contributed by atoms with E-state index < -0.39 is 11.6 Å². The van der Waals surface area contributed by atoms with Gasteiger partial charge in [0.2, 0.25) is 0 Å². The molecule has 1 aromatic rings. The lowest BCUT2D eigenvalue weighted by atomic mass is 9.75. The van der Waals surface area contributed by atoms with E-state index in [1.54, 1.807) is 7.11 Å². The highest BCUT2D eigenvalue weighted by atomic mass is 16.5. The van der Waals surface area contributed by atoms with E-state index in [0.29, 0.717) is 12.5 Å². The van der Waals surface area contributed by atoms with E-state index in [2.05, 4.69) is 12.2 Å². The quantitative estimate of drug-likeness (QED) is 0.740. The predicted molar refractivity (Wildman–Crippen MR) is 103 cm³/mol. The summed E-state index contributed by atoms with van der Waals surface area (Å²) in [5.74, 6) is 1.30. The van der Waals surface area contributed by atoms with Crippen LogP contribution in [0.1, 0.15) is 57.6 Å². The molecule has 148 valence electrons. The van der Waals surface area contributed by atoms with Gasteiger partial charge in [-0.15, -0.1) is 0 Å². The number of urea groups is 1. The Hall–Kier alpha value is -2.08. The Morgan fingerprint density at radius 3 is 2.41 bits per heavy atom. The van der Waals surface area contributed by atoms with E-state index in [9.17, 15) is 9.59 Å². The van der Waals surface area contributed by atoms with Crippen LogP contribution < -0.4 is 10.1 Å². The fourth-order valence-electron chi connectivity index (χ4n) is 4.27. The monoisotopic (exact) mass is 374 g/mol. The van der Waals surface area contributed by atoms with E-state index in [1.807, 2.05) is 31.2 Å². The number of hydrogen-bond donors (Lipinski definition) is 1. The molecule has 1 spiro atoms. The first-order chi connectivity index (χ1) is 13.0. The van der Waals surface area contributed by atoms with Gasteiger partial charge in [-0.1, -0.05) is 25.5 Å². The molecule has 1 aliphatic heterocycles. The lowest BCUT2D eigenvalue weighted by molar-refractivity contribution is -0.135. The average molecular weight is 374 g/mol. The van der Waals surface area contributed by atoms with Crippen molar-refractivity contribution in [2.45, 2.75) is 57.5 Å². The molecule has 6 heteroatoms. The van der Waals surface area contributed by atoms with Gasteiger partial charge in [-0.25, -0.2) is 4.79 Å². The molecule has 1 atom stereocenters. The zero-order valence-corrected chi connectivity index (χ0v) is 16.5. The summed E-state index contributed by atoms with van der Waals surface area (Å²) < 4.78 is 10.8. The first-order valence-corrected chi connectivity index (χ1v) is 9.92. The zero-order valence-electron chi connectivity index (χ0n) is 16.5. The summed E-state index contributed by atoms with van der Waals surface area (Å²) in [5, 5.41) is 3.01. The van der Waals surface area contributed by atoms with Gasteiger partial charge < -0.3 is 14.8 Å². The molecule has 0 aromatic heterocycles. The van der Waals surface area contributed by atoms with Gasteiger partial charge in [0.05, 0.1) is 19.3 Å². The summed E-state index contributed by atoms with van der Waals surface area (Å²) in [6.45, 7) is 4.97. The van der Waals surface area contributed by atoms with Gasteiger partial charge >= 0.3 is 6.03 Å². The number of amides is 3. The standard InChI is InChI=1S/C21H30N2O4/c1-4-15-10-12-21(13-11-15)19(24)23(20(25)22-21)18(14-26-3)16-6-8-17(9-7-16)27-5-2/h6-9,15,18H,4-5,10-14H2,1-3H3,(H,22,25)/t15?,18-,21?/m1/s1. The SMILES string of the molecule is CCOc1ccc([C@@H](COC)N2C(=O)NC3(CCC(CC)CC3)C2=O)cc1. The number of carbonyl (C=O) groups excluding carboxylic acids is 2. The lowest BCUT2D eigenvalue weighted by Gasteiger charge is -2.35. The van der Waals surface area contributed by atoms with Crippen molar-refractivity contribution in [2.24, 2.45) is 5.92 Å². The molecule has 1 heterocycles. The summed E-state index contributed by atoms with van der Waals surface area (Å²) in [5.41, 5.74) is 0.128. The highest BCUT2D eigenvalue weighted by molar-refractivity contribution is 6.07. The molecule has 2 fully saturated rings. The van der Waals surface area contributed by atoms with Gasteiger partial charge in [-0.05, 0) is 56.2 Å². The van der Waals surface area contributed by atoms with E-state index in [1.165, 1.54) is 4.90 Å². The largest absolute Gasteiger partial charge is 0.494 e. The third kappa shape index (κ3) is 3.81. The molecule has 3 rings (SSSR count).